The van der Waals surface area contributed by atoms with Crippen LogP contribution in [0.25, 0.3) is 10.8 Å². The first-order valence-electron chi connectivity index (χ1n) is 17.3. The number of hydrogen-bond donors (Lipinski definition) is 2. The lowest BCUT2D eigenvalue weighted by Gasteiger charge is -2.61. The van der Waals surface area contributed by atoms with Crippen molar-refractivity contribution < 1.29 is 0 Å². The fraction of sp³-hybridized carbons (Fsp3) is 0.730. The van der Waals surface area contributed by atoms with E-state index >= 15 is 0 Å². The van der Waals surface area contributed by atoms with Crippen LogP contribution in [0.4, 0.5) is 11.4 Å². The standard InChI is InChI=1S/C37H55BN2/c1-24(2)9-6-10-25(3)30-17-18-31-29-16-15-27-23-28(19-21-36(27,4)32(29)20-22-37(30,31)5)38-39-33-13-7-11-26-12-8-14-34(40-38)35(26)33/h7-8,11-14,24-25,27-32,39-40H,6,9-10,15-23H2,1-5H3/t25-,27+,28+,29+,30-,31+,32+,36+,37-/m1/s1. The lowest BCUT2D eigenvalue weighted by atomic mass is 9.41. The highest BCUT2D eigenvalue weighted by atomic mass is 15.0. The summed E-state index contributed by atoms with van der Waals surface area (Å²) in [6, 6.07) is 13.5. The Labute approximate surface area is 245 Å². The van der Waals surface area contributed by atoms with Crippen LogP contribution in [0.15, 0.2) is 36.4 Å². The summed E-state index contributed by atoms with van der Waals surface area (Å²) in [5, 5.41) is 10.6. The molecule has 1 heterocycles. The van der Waals surface area contributed by atoms with Crippen LogP contribution in [0.5, 0.6) is 0 Å². The zero-order chi connectivity index (χ0) is 27.6. The van der Waals surface area contributed by atoms with Gasteiger partial charge < -0.3 is 10.5 Å². The van der Waals surface area contributed by atoms with Gasteiger partial charge in [0, 0.05) is 16.8 Å². The van der Waals surface area contributed by atoms with Crippen molar-refractivity contribution in [2.45, 2.75) is 117 Å². The van der Waals surface area contributed by atoms with E-state index in [4.69, 9.17) is 0 Å². The van der Waals surface area contributed by atoms with Crippen molar-refractivity contribution in [3.63, 3.8) is 0 Å². The van der Waals surface area contributed by atoms with Gasteiger partial charge in [-0.05, 0) is 127 Å². The lowest BCUT2D eigenvalue weighted by Crippen LogP contribution is -2.55. The maximum Gasteiger partial charge on any atom is 0.373 e. The molecular formula is C37H55BN2. The molecule has 0 aromatic heterocycles. The van der Waals surface area contributed by atoms with Gasteiger partial charge in [-0.1, -0.05) is 84.6 Å². The highest BCUT2D eigenvalue weighted by molar-refractivity contribution is 6.69. The third-order valence-electron chi connectivity index (χ3n) is 13.9. The van der Waals surface area contributed by atoms with E-state index in [1.165, 1.54) is 99.2 Å². The summed E-state index contributed by atoms with van der Waals surface area (Å²) in [6.07, 6.45) is 17.6. The molecule has 0 spiro atoms. The minimum atomic E-state index is 0.366. The molecule has 4 saturated carbocycles. The average molecular weight is 539 g/mol. The number of benzene rings is 2. The van der Waals surface area contributed by atoms with Crippen LogP contribution < -0.4 is 10.5 Å². The predicted molar refractivity (Wildman–Crippen MR) is 174 cm³/mol. The van der Waals surface area contributed by atoms with Gasteiger partial charge in [-0.3, -0.25) is 0 Å². The van der Waals surface area contributed by atoms with E-state index in [0.717, 1.165) is 47.2 Å². The van der Waals surface area contributed by atoms with E-state index in [1.807, 2.05) is 0 Å². The molecule has 0 unspecified atom stereocenters. The van der Waals surface area contributed by atoms with Crippen molar-refractivity contribution in [1.29, 1.82) is 0 Å². The van der Waals surface area contributed by atoms with Crippen LogP contribution in [0.2, 0.25) is 5.82 Å². The summed E-state index contributed by atoms with van der Waals surface area (Å²) in [4.78, 5) is 0. The van der Waals surface area contributed by atoms with E-state index in [-0.39, 0.29) is 0 Å². The van der Waals surface area contributed by atoms with Crippen molar-refractivity contribution in [3.05, 3.63) is 36.4 Å². The number of anilines is 2. The van der Waals surface area contributed by atoms with Gasteiger partial charge in [-0.25, -0.2) is 0 Å². The van der Waals surface area contributed by atoms with E-state index in [9.17, 15) is 0 Å². The number of fused-ring (bicyclic) bond motifs is 5. The summed E-state index contributed by atoms with van der Waals surface area (Å²) in [7, 11) is 0. The van der Waals surface area contributed by atoms with Crippen molar-refractivity contribution >= 4 is 29.1 Å². The van der Waals surface area contributed by atoms with Gasteiger partial charge in [-0.15, -0.1) is 0 Å². The fourth-order valence-electron chi connectivity index (χ4n) is 11.8. The number of rotatable bonds is 6. The first-order valence-corrected chi connectivity index (χ1v) is 17.3. The summed E-state index contributed by atoms with van der Waals surface area (Å²) in [5.41, 5.74) is 3.83. The van der Waals surface area contributed by atoms with E-state index < -0.39 is 0 Å². The van der Waals surface area contributed by atoms with Gasteiger partial charge in [0.25, 0.3) is 0 Å². The van der Waals surface area contributed by atoms with Crippen LogP contribution in [0.3, 0.4) is 0 Å². The average Bonchev–Trinajstić information content (AvgIpc) is 3.30. The monoisotopic (exact) mass is 538 g/mol. The quantitative estimate of drug-likeness (QED) is 0.358. The zero-order valence-corrected chi connectivity index (χ0v) is 26.1. The summed E-state index contributed by atoms with van der Waals surface area (Å²) >= 11 is 0. The minimum Gasteiger partial charge on any atom is -0.409 e. The fourth-order valence-corrected chi connectivity index (χ4v) is 11.8. The highest BCUT2D eigenvalue weighted by Crippen LogP contribution is 2.69. The molecule has 0 saturated heterocycles. The molecule has 5 aliphatic rings. The topological polar surface area (TPSA) is 24.1 Å². The minimum absolute atomic E-state index is 0.366. The largest absolute Gasteiger partial charge is 0.409 e. The van der Waals surface area contributed by atoms with Gasteiger partial charge in [0.1, 0.15) is 0 Å². The molecule has 40 heavy (non-hydrogen) atoms. The Morgan fingerprint density at radius 3 is 2.23 bits per heavy atom. The maximum absolute atomic E-state index is 3.96. The Balaban J connectivity index is 1.03. The second kappa shape index (κ2) is 10.3. The molecule has 4 aliphatic carbocycles. The lowest BCUT2D eigenvalue weighted by molar-refractivity contribution is -0.114. The zero-order valence-electron chi connectivity index (χ0n) is 26.1. The van der Waals surface area contributed by atoms with Crippen molar-refractivity contribution in [2.75, 3.05) is 10.5 Å². The van der Waals surface area contributed by atoms with Crippen LogP contribution in [0, 0.1) is 52.3 Å². The van der Waals surface area contributed by atoms with Crippen molar-refractivity contribution in [2.24, 2.45) is 52.3 Å². The SMILES string of the molecule is CC(C)CCC[C@@H](C)[C@H]1CC[C@H]2[C@@H]3CC[C@H]4C[C@@H](B5Nc6cccc7cccc(c67)N5)CC[C@]4(C)[C@H]3CC[C@]12C. The van der Waals surface area contributed by atoms with Crippen LogP contribution in [-0.2, 0) is 0 Å². The smallest absolute Gasteiger partial charge is 0.373 e. The second-order valence-corrected chi connectivity index (χ2v) is 16.2. The molecule has 3 heteroatoms. The molecular weight excluding hydrogens is 483 g/mol. The molecule has 216 valence electrons. The van der Waals surface area contributed by atoms with Gasteiger partial charge >= 0.3 is 6.98 Å². The first kappa shape index (κ1) is 27.2. The molecule has 2 aromatic carbocycles. The summed E-state index contributed by atoms with van der Waals surface area (Å²) in [6.45, 7) is 13.3. The Kier molecular flexibility index (Phi) is 6.99. The Morgan fingerprint density at radius 2 is 1.50 bits per heavy atom. The molecule has 4 fully saturated rings. The second-order valence-electron chi connectivity index (χ2n) is 16.2. The normalized spacial score (nSPS) is 39.2. The van der Waals surface area contributed by atoms with E-state index in [2.05, 4.69) is 81.5 Å². The molecule has 2 nitrogen and oxygen atoms in total. The van der Waals surface area contributed by atoms with Crippen LogP contribution in [0.1, 0.15) is 112 Å². The first-order chi connectivity index (χ1) is 19.3. The third-order valence-corrected chi connectivity index (χ3v) is 13.9. The van der Waals surface area contributed by atoms with Crippen LogP contribution >= 0.6 is 0 Å². The molecule has 0 amide bonds. The Hall–Kier alpha value is -1.64. The van der Waals surface area contributed by atoms with Crippen molar-refractivity contribution in [3.8, 4) is 0 Å². The Morgan fingerprint density at radius 1 is 0.800 bits per heavy atom. The molecule has 0 bridgehead atoms. The van der Waals surface area contributed by atoms with E-state index in [1.54, 1.807) is 0 Å². The Bertz CT molecular complexity index is 1180. The maximum atomic E-state index is 3.96. The molecule has 2 aromatic rings. The third kappa shape index (κ3) is 4.34. The summed E-state index contributed by atoms with van der Waals surface area (Å²) < 4.78 is 0. The molecule has 2 N–H and O–H groups in total. The molecule has 7 rings (SSSR count). The van der Waals surface area contributed by atoms with Crippen LogP contribution in [-0.4, -0.2) is 6.98 Å². The van der Waals surface area contributed by atoms with E-state index in [0.29, 0.717) is 17.8 Å². The van der Waals surface area contributed by atoms with Crippen molar-refractivity contribution in [1.82, 2.24) is 0 Å². The van der Waals surface area contributed by atoms with Gasteiger partial charge in [0.2, 0.25) is 0 Å². The number of hydrogen-bond acceptors (Lipinski definition) is 2. The molecule has 9 atom stereocenters. The molecule has 0 radical (unpaired) electrons. The predicted octanol–water partition coefficient (Wildman–Crippen LogP) is 10.7. The molecule has 1 aliphatic heterocycles. The summed E-state index contributed by atoms with van der Waals surface area (Å²) in [5.74, 6) is 7.34. The number of nitrogens with one attached hydrogen (secondary N) is 2. The van der Waals surface area contributed by atoms with Gasteiger partial charge in [-0.2, -0.15) is 0 Å². The highest BCUT2D eigenvalue weighted by Gasteiger charge is 2.61. The van der Waals surface area contributed by atoms with Gasteiger partial charge in [0.15, 0.2) is 0 Å². The van der Waals surface area contributed by atoms with Gasteiger partial charge in [0.05, 0.1) is 0 Å².